The van der Waals surface area contributed by atoms with Crippen LogP contribution >= 0.6 is 34.8 Å². The van der Waals surface area contributed by atoms with Crippen LogP contribution in [-0.2, 0) is 22.6 Å². The molecule has 0 saturated carbocycles. The minimum Gasteiger partial charge on any atom is -0.357 e. The maximum absolute atomic E-state index is 12.9. The van der Waals surface area contributed by atoms with Crippen LogP contribution in [0, 0.1) is 0 Å². The van der Waals surface area contributed by atoms with Crippen molar-refractivity contribution in [2.45, 2.75) is 25.9 Å². The molecule has 2 rings (SSSR count). The fourth-order valence-electron chi connectivity index (χ4n) is 2.50. The summed E-state index contributed by atoms with van der Waals surface area (Å²) < 4.78 is 0. The fourth-order valence-corrected chi connectivity index (χ4v) is 3.10. The molecule has 0 spiro atoms. The lowest BCUT2D eigenvalue weighted by molar-refractivity contribution is -0.139. The zero-order valence-corrected chi connectivity index (χ0v) is 16.7. The first-order chi connectivity index (χ1) is 12.3. The number of benzene rings is 2. The van der Waals surface area contributed by atoms with Crippen LogP contribution in [0.1, 0.15) is 18.1 Å². The topological polar surface area (TPSA) is 49.4 Å². The van der Waals surface area contributed by atoms with Crippen molar-refractivity contribution in [1.82, 2.24) is 10.2 Å². The summed E-state index contributed by atoms with van der Waals surface area (Å²) >= 11 is 18.1. The Kier molecular flexibility index (Phi) is 7.33. The van der Waals surface area contributed by atoms with Crippen LogP contribution in [0.2, 0.25) is 15.1 Å². The molecule has 0 aliphatic heterocycles. The van der Waals surface area contributed by atoms with E-state index in [4.69, 9.17) is 34.8 Å². The summed E-state index contributed by atoms with van der Waals surface area (Å²) in [7, 11) is 1.54. The number of hydrogen-bond acceptors (Lipinski definition) is 2. The van der Waals surface area contributed by atoms with Crippen molar-refractivity contribution in [2.24, 2.45) is 0 Å². The average Bonchev–Trinajstić information content (AvgIpc) is 2.61. The van der Waals surface area contributed by atoms with Crippen molar-refractivity contribution in [3.63, 3.8) is 0 Å². The summed E-state index contributed by atoms with van der Waals surface area (Å²) in [5.74, 6) is -0.436. The van der Waals surface area contributed by atoms with E-state index in [-0.39, 0.29) is 24.8 Å². The maximum Gasteiger partial charge on any atom is 0.242 e. The van der Waals surface area contributed by atoms with Gasteiger partial charge in [0, 0.05) is 28.7 Å². The quantitative estimate of drug-likeness (QED) is 0.765. The first-order valence-electron chi connectivity index (χ1n) is 8.01. The van der Waals surface area contributed by atoms with Gasteiger partial charge in [-0.15, -0.1) is 0 Å². The SMILES string of the molecule is CNC(=O)[C@@H](C)N(Cc1ccc(Cl)cc1Cl)C(=O)Cc1ccc(Cl)cc1. The predicted molar refractivity (Wildman–Crippen MR) is 106 cm³/mol. The highest BCUT2D eigenvalue weighted by Crippen LogP contribution is 2.23. The zero-order chi connectivity index (χ0) is 19.3. The third kappa shape index (κ3) is 5.37. The van der Waals surface area contributed by atoms with E-state index in [0.29, 0.717) is 15.1 Å². The number of hydrogen-bond donors (Lipinski definition) is 1. The molecule has 4 nitrogen and oxygen atoms in total. The molecule has 0 heterocycles. The molecule has 0 bridgehead atoms. The number of likely N-dealkylation sites (N-methyl/N-ethyl adjacent to an activating group) is 1. The molecule has 2 aromatic carbocycles. The summed E-state index contributed by atoms with van der Waals surface area (Å²) in [6, 6.07) is 11.5. The number of nitrogens with one attached hydrogen (secondary N) is 1. The molecule has 26 heavy (non-hydrogen) atoms. The molecule has 0 unspecified atom stereocenters. The van der Waals surface area contributed by atoms with Crippen LogP contribution < -0.4 is 5.32 Å². The van der Waals surface area contributed by atoms with Crippen molar-refractivity contribution < 1.29 is 9.59 Å². The molecule has 0 aliphatic carbocycles. The smallest absolute Gasteiger partial charge is 0.242 e. The Balaban J connectivity index is 2.26. The summed E-state index contributed by atoms with van der Waals surface area (Å²) in [5.41, 5.74) is 1.53. The molecule has 0 fully saturated rings. The van der Waals surface area contributed by atoms with Crippen molar-refractivity contribution in [1.29, 1.82) is 0 Å². The highest BCUT2D eigenvalue weighted by molar-refractivity contribution is 6.35. The fraction of sp³-hybridized carbons (Fsp3) is 0.263. The molecule has 1 N–H and O–H groups in total. The number of carbonyl (C=O) groups is 2. The lowest BCUT2D eigenvalue weighted by Gasteiger charge is -2.29. The second-order valence-electron chi connectivity index (χ2n) is 5.85. The highest BCUT2D eigenvalue weighted by Gasteiger charge is 2.26. The van der Waals surface area contributed by atoms with Crippen molar-refractivity contribution >= 4 is 46.6 Å². The van der Waals surface area contributed by atoms with E-state index in [1.165, 1.54) is 11.9 Å². The summed E-state index contributed by atoms with van der Waals surface area (Å²) in [5, 5.41) is 4.14. The highest BCUT2D eigenvalue weighted by atomic mass is 35.5. The van der Waals surface area contributed by atoms with Gasteiger partial charge in [0.15, 0.2) is 0 Å². The van der Waals surface area contributed by atoms with E-state index in [0.717, 1.165) is 11.1 Å². The first kappa shape index (κ1) is 20.6. The zero-order valence-electron chi connectivity index (χ0n) is 14.4. The Labute approximate surface area is 168 Å². The third-order valence-corrected chi connectivity index (χ3v) is 4.88. The second kappa shape index (κ2) is 9.26. The van der Waals surface area contributed by atoms with Gasteiger partial charge in [-0.05, 0) is 42.3 Å². The Morgan fingerprint density at radius 2 is 1.65 bits per heavy atom. The minimum atomic E-state index is -0.647. The molecule has 0 saturated heterocycles. The number of amides is 2. The Morgan fingerprint density at radius 1 is 1.04 bits per heavy atom. The van der Waals surface area contributed by atoms with Crippen LogP contribution in [0.3, 0.4) is 0 Å². The van der Waals surface area contributed by atoms with E-state index in [1.54, 1.807) is 49.4 Å². The standard InChI is InChI=1S/C19H19Cl3N2O2/c1-12(19(26)23-2)24(11-14-5-8-16(21)10-17(14)22)18(25)9-13-3-6-15(20)7-4-13/h3-8,10,12H,9,11H2,1-2H3,(H,23,26)/t12-/m1/s1. The van der Waals surface area contributed by atoms with Crippen LogP contribution in [0.5, 0.6) is 0 Å². The van der Waals surface area contributed by atoms with Crippen molar-refractivity contribution in [3.05, 3.63) is 68.7 Å². The molecular weight excluding hydrogens is 395 g/mol. The van der Waals surface area contributed by atoms with E-state index < -0.39 is 6.04 Å². The minimum absolute atomic E-state index is 0.156. The van der Waals surface area contributed by atoms with Crippen molar-refractivity contribution in [2.75, 3.05) is 7.05 Å². The number of nitrogens with zero attached hydrogens (tertiary/aromatic N) is 1. The molecule has 0 aliphatic rings. The van der Waals surface area contributed by atoms with Gasteiger partial charge in [0.05, 0.1) is 6.42 Å². The van der Waals surface area contributed by atoms with Crippen molar-refractivity contribution in [3.8, 4) is 0 Å². The molecule has 1 atom stereocenters. The molecule has 2 amide bonds. The van der Waals surface area contributed by atoms with Gasteiger partial charge in [-0.2, -0.15) is 0 Å². The Bertz CT molecular complexity index is 794. The molecule has 138 valence electrons. The summed E-state index contributed by atoms with van der Waals surface area (Å²) in [4.78, 5) is 26.5. The third-order valence-electron chi connectivity index (χ3n) is 4.04. The molecule has 0 radical (unpaired) electrons. The predicted octanol–water partition coefficient (Wildman–Crippen LogP) is 4.35. The van der Waals surface area contributed by atoms with Gasteiger partial charge in [0.2, 0.25) is 11.8 Å². The van der Waals surface area contributed by atoms with Gasteiger partial charge in [0.1, 0.15) is 6.04 Å². The van der Waals surface area contributed by atoms with Gasteiger partial charge in [-0.25, -0.2) is 0 Å². The van der Waals surface area contributed by atoms with Gasteiger partial charge >= 0.3 is 0 Å². The van der Waals surface area contributed by atoms with Gasteiger partial charge < -0.3 is 10.2 Å². The largest absolute Gasteiger partial charge is 0.357 e. The number of rotatable bonds is 6. The lowest BCUT2D eigenvalue weighted by atomic mass is 10.1. The first-order valence-corrected chi connectivity index (χ1v) is 9.14. The van der Waals surface area contributed by atoms with Gasteiger partial charge in [-0.1, -0.05) is 53.0 Å². The van der Waals surface area contributed by atoms with Crippen LogP contribution in [0.4, 0.5) is 0 Å². The van der Waals surface area contributed by atoms with E-state index >= 15 is 0 Å². The van der Waals surface area contributed by atoms with Crippen LogP contribution in [-0.4, -0.2) is 29.8 Å². The monoisotopic (exact) mass is 412 g/mol. The number of carbonyl (C=O) groups excluding carboxylic acids is 2. The van der Waals surface area contributed by atoms with E-state index in [2.05, 4.69) is 5.32 Å². The molecule has 2 aromatic rings. The molecular formula is C19H19Cl3N2O2. The van der Waals surface area contributed by atoms with E-state index in [9.17, 15) is 9.59 Å². The Morgan fingerprint density at radius 3 is 2.23 bits per heavy atom. The van der Waals surface area contributed by atoms with E-state index in [1.807, 2.05) is 0 Å². The van der Waals surface area contributed by atoms with Gasteiger partial charge in [0.25, 0.3) is 0 Å². The van der Waals surface area contributed by atoms with Crippen LogP contribution in [0.15, 0.2) is 42.5 Å². The lowest BCUT2D eigenvalue weighted by Crippen LogP contribution is -2.47. The summed E-state index contributed by atoms with van der Waals surface area (Å²) in [6.45, 7) is 1.89. The van der Waals surface area contributed by atoms with Gasteiger partial charge in [-0.3, -0.25) is 9.59 Å². The normalized spacial score (nSPS) is 11.7. The number of halogens is 3. The maximum atomic E-state index is 12.9. The summed E-state index contributed by atoms with van der Waals surface area (Å²) in [6.07, 6.45) is 0.156. The average molecular weight is 414 g/mol. The molecule has 0 aromatic heterocycles. The van der Waals surface area contributed by atoms with Crippen LogP contribution in [0.25, 0.3) is 0 Å². The molecule has 7 heteroatoms. The Hall–Kier alpha value is -1.75. The second-order valence-corrected chi connectivity index (χ2v) is 7.13.